The van der Waals surface area contributed by atoms with Crippen molar-refractivity contribution in [1.29, 1.82) is 0 Å². The zero-order chi connectivity index (χ0) is 11.3. The zero-order valence-electron chi connectivity index (χ0n) is 8.53. The van der Waals surface area contributed by atoms with Gasteiger partial charge >= 0.3 is 0 Å². The van der Waals surface area contributed by atoms with Crippen LogP contribution < -0.4 is 11.1 Å². The first-order chi connectivity index (χ1) is 7.13. The Morgan fingerprint density at radius 2 is 2.40 bits per heavy atom. The molecular weight excluding hydrogens is 258 g/mol. The molecule has 1 heterocycles. The summed E-state index contributed by atoms with van der Waals surface area (Å²) < 4.78 is 0.735. The number of rotatable bonds is 4. The Labute approximate surface area is 97.4 Å². The number of nitrogens with two attached hydrogens (primary N) is 1. The Bertz CT molecular complexity index is 326. The number of pyridine rings is 1. The highest BCUT2D eigenvalue weighted by atomic mass is 79.9. The second kappa shape index (κ2) is 5.82. The first kappa shape index (κ1) is 12.1. The van der Waals surface area contributed by atoms with Gasteiger partial charge in [-0.05, 0) is 34.5 Å². The third-order valence-electron chi connectivity index (χ3n) is 1.93. The quantitative estimate of drug-likeness (QED) is 0.823. The predicted octanol–water partition coefficient (Wildman–Crippen LogP) is 1.91. The molecule has 0 aliphatic rings. The molecule has 0 saturated carbocycles. The number of nitrogens with one attached hydrogen (secondary N) is 1. The lowest BCUT2D eigenvalue weighted by Gasteiger charge is -2.10. The van der Waals surface area contributed by atoms with Gasteiger partial charge in [0.2, 0.25) is 5.91 Å². The van der Waals surface area contributed by atoms with Gasteiger partial charge in [-0.1, -0.05) is 13.3 Å². The monoisotopic (exact) mass is 271 g/mol. The van der Waals surface area contributed by atoms with Crippen molar-refractivity contribution in [2.45, 2.75) is 25.8 Å². The number of anilines is 1. The van der Waals surface area contributed by atoms with Crippen LogP contribution in [0.3, 0.4) is 0 Å². The molecule has 0 fully saturated rings. The van der Waals surface area contributed by atoms with Crippen LogP contribution in [0, 0.1) is 0 Å². The summed E-state index contributed by atoms with van der Waals surface area (Å²) in [5.41, 5.74) is 6.33. The summed E-state index contributed by atoms with van der Waals surface area (Å²) in [6.45, 7) is 1.99. The van der Waals surface area contributed by atoms with Gasteiger partial charge in [-0.3, -0.25) is 4.79 Å². The fraction of sp³-hybridized carbons (Fsp3) is 0.400. The van der Waals surface area contributed by atoms with Gasteiger partial charge in [0.25, 0.3) is 0 Å². The average molecular weight is 272 g/mol. The van der Waals surface area contributed by atoms with Gasteiger partial charge in [0.05, 0.1) is 17.9 Å². The first-order valence-electron chi connectivity index (χ1n) is 4.81. The van der Waals surface area contributed by atoms with E-state index in [4.69, 9.17) is 5.73 Å². The van der Waals surface area contributed by atoms with Gasteiger partial charge in [0, 0.05) is 0 Å². The van der Waals surface area contributed by atoms with E-state index in [1.54, 1.807) is 18.3 Å². The molecule has 1 amide bonds. The van der Waals surface area contributed by atoms with E-state index < -0.39 is 6.04 Å². The lowest BCUT2D eigenvalue weighted by molar-refractivity contribution is -0.117. The molecule has 0 radical (unpaired) electrons. The Balaban J connectivity index is 2.54. The molecule has 5 heteroatoms. The molecule has 0 spiro atoms. The van der Waals surface area contributed by atoms with Crippen LogP contribution in [0.1, 0.15) is 19.8 Å². The van der Waals surface area contributed by atoms with Gasteiger partial charge in [-0.25, -0.2) is 4.98 Å². The normalized spacial score (nSPS) is 12.2. The van der Waals surface area contributed by atoms with Gasteiger partial charge in [-0.15, -0.1) is 0 Å². The van der Waals surface area contributed by atoms with Crippen LogP contribution in [-0.2, 0) is 4.79 Å². The molecule has 3 N–H and O–H groups in total. The number of carbonyl (C=O) groups excluding carboxylic acids is 1. The minimum absolute atomic E-state index is 0.166. The molecule has 4 nitrogen and oxygen atoms in total. The lowest BCUT2D eigenvalue weighted by atomic mass is 10.1. The van der Waals surface area contributed by atoms with Crippen molar-refractivity contribution in [1.82, 2.24) is 4.98 Å². The van der Waals surface area contributed by atoms with E-state index >= 15 is 0 Å². The van der Waals surface area contributed by atoms with Crippen LogP contribution in [0.25, 0.3) is 0 Å². The van der Waals surface area contributed by atoms with Crippen LogP contribution in [0.2, 0.25) is 0 Å². The number of hydrogen-bond acceptors (Lipinski definition) is 3. The van der Waals surface area contributed by atoms with E-state index in [2.05, 4.69) is 26.2 Å². The summed E-state index contributed by atoms with van der Waals surface area (Å²) >= 11 is 3.22. The van der Waals surface area contributed by atoms with Gasteiger partial charge < -0.3 is 11.1 Å². The smallest absolute Gasteiger partial charge is 0.241 e. The molecule has 0 bridgehead atoms. The molecule has 1 aromatic heterocycles. The highest BCUT2D eigenvalue weighted by Crippen LogP contribution is 2.10. The molecule has 1 atom stereocenters. The van der Waals surface area contributed by atoms with Crippen molar-refractivity contribution >= 4 is 27.5 Å². The molecule has 82 valence electrons. The number of aromatic nitrogens is 1. The molecule has 0 aromatic carbocycles. The number of carbonyl (C=O) groups is 1. The molecule has 0 unspecified atom stereocenters. The maximum Gasteiger partial charge on any atom is 0.241 e. The lowest BCUT2D eigenvalue weighted by Crippen LogP contribution is -2.35. The molecule has 1 rings (SSSR count). The van der Waals surface area contributed by atoms with Gasteiger partial charge in [0.15, 0.2) is 0 Å². The molecule has 0 saturated heterocycles. The SMILES string of the molecule is CCC[C@@H](N)C(=O)Nc1ccc(Br)nc1. The number of nitrogens with zero attached hydrogens (tertiary/aromatic N) is 1. The maximum absolute atomic E-state index is 11.5. The minimum Gasteiger partial charge on any atom is -0.323 e. The van der Waals surface area contributed by atoms with Crippen LogP contribution in [0.5, 0.6) is 0 Å². The van der Waals surface area contributed by atoms with E-state index in [1.807, 2.05) is 6.92 Å². The van der Waals surface area contributed by atoms with Crippen molar-refractivity contribution < 1.29 is 4.79 Å². The number of amides is 1. The second-order valence-corrected chi connectivity index (χ2v) is 4.07. The topological polar surface area (TPSA) is 68.0 Å². The Morgan fingerprint density at radius 1 is 1.67 bits per heavy atom. The van der Waals surface area contributed by atoms with Crippen LogP contribution >= 0.6 is 15.9 Å². The number of halogens is 1. The van der Waals surface area contributed by atoms with E-state index in [0.29, 0.717) is 12.1 Å². The van der Waals surface area contributed by atoms with E-state index in [1.165, 1.54) is 0 Å². The van der Waals surface area contributed by atoms with Crippen molar-refractivity contribution in [2.24, 2.45) is 5.73 Å². The minimum atomic E-state index is -0.446. The van der Waals surface area contributed by atoms with Crippen molar-refractivity contribution in [3.63, 3.8) is 0 Å². The van der Waals surface area contributed by atoms with E-state index in [-0.39, 0.29) is 5.91 Å². The number of hydrogen-bond donors (Lipinski definition) is 2. The Morgan fingerprint density at radius 3 is 2.93 bits per heavy atom. The second-order valence-electron chi connectivity index (χ2n) is 3.25. The van der Waals surface area contributed by atoms with Gasteiger partial charge in [-0.2, -0.15) is 0 Å². The standard InChI is InChI=1S/C10H14BrN3O/c1-2-3-8(12)10(15)14-7-4-5-9(11)13-6-7/h4-6,8H,2-3,12H2,1H3,(H,14,15)/t8-/m1/s1. The maximum atomic E-state index is 11.5. The molecular formula is C10H14BrN3O. The fourth-order valence-corrected chi connectivity index (χ4v) is 1.36. The fourth-order valence-electron chi connectivity index (χ4n) is 1.13. The largest absolute Gasteiger partial charge is 0.323 e. The highest BCUT2D eigenvalue weighted by molar-refractivity contribution is 9.10. The third-order valence-corrected chi connectivity index (χ3v) is 2.40. The van der Waals surface area contributed by atoms with Crippen LogP contribution in [-0.4, -0.2) is 16.9 Å². The summed E-state index contributed by atoms with van der Waals surface area (Å²) in [6, 6.07) is 3.09. The van der Waals surface area contributed by atoms with Crippen LogP contribution in [0.4, 0.5) is 5.69 Å². The summed E-state index contributed by atoms with van der Waals surface area (Å²) in [6.07, 6.45) is 3.17. The van der Waals surface area contributed by atoms with E-state index in [0.717, 1.165) is 11.0 Å². The third kappa shape index (κ3) is 3.97. The van der Waals surface area contributed by atoms with Crippen LogP contribution in [0.15, 0.2) is 22.9 Å². The summed E-state index contributed by atoms with van der Waals surface area (Å²) in [5, 5.41) is 2.71. The molecule has 1 aromatic rings. The highest BCUT2D eigenvalue weighted by Gasteiger charge is 2.11. The van der Waals surface area contributed by atoms with Gasteiger partial charge in [0.1, 0.15) is 4.60 Å². The average Bonchev–Trinajstić information content (AvgIpc) is 2.22. The molecule has 15 heavy (non-hydrogen) atoms. The predicted molar refractivity (Wildman–Crippen MR) is 63.5 cm³/mol. The summed E-state index contributed by atoms with van der Waals surface area (Å²) in [5.74, 6) is -0.166. The molecule has 0 aliphatic heterocycles. The van der Waals surface area contributed by atoms with E-state index in [9.17, 15) is 4.79 Å². The van der Waals surface area contributed by atoms with Crippen molar-refractivity contribution in [3.05, 3.63) is 22.9 Å². The summed E-state index contributed by atoms with van der Waals surface area (Å²) in [7, 11) is 0. The Kier molecular flexibility index (Phi) is 4.71. The van der Waals surface area contributed by atoms with Crippen molar-refractivity contribution in [3.8, 4) is 0 Å². The van der Waals surface area contributed by atoms with Crippen molar-refractivity contribution in [2.75, 3.05) is 5.32 Å². The zero-order valence-corrected chi connectivity index (χ0v) is 10.1. The molecule has 0 aliphatic carbocycles. The summed E-state index contributed by atoms with van der Waals surface area (Å²) in [4.78, 5) is 15.5. The Hall–Kier alpha value is -0.940. The first-order valence-corrected chi connectivity index (χ1v) is 5.60.